The van der Waals surface area contributed by atoms with Gasteiger partial charge in [-0.1, -0.05) is 53.9 Å². The third kappa shape index (κ3) is 3.57. The van der Waals surface area contributed by atoms with E-state index in [0.29, 0.717) is 6.42 Å². The summed E-state index contributed by atoms with van der Waals surface area (Å²) in [6.45, 7) is 8.26. The number of rotatable bonds is 4. The van der Waals surface area contributed by atoms with Crippen LogP contribution in [0.15, 0.2) is 42.5 Å². The van der Waals surface area contributed by atoms with Crippen molar-refractivity contribution in [3.63, 3.8) is 0 Å². The average molecular weight is 266 g/mol. The zero-order valence-corrected chi connectivity index (χ0v) is 12.7. The quantitative estimate of drug-likeness (QED) is 0.713. The molecule has 0 amide bonds. The first-order valence-corrected chi connectivity index (χ1v) is 7.14. The predicted molar refractivity (Wildman–Crippen MR) is 84.5 cm³/mol. The van der Waals surface area contributed by atoms with Crippen LogP contribution in [0.25, 0.3) is 0 Å². The molecule has 1 atom stereocenters. The highest BCUT2D eigenvalue weighted by atomic mass is 16.1. The van der Waals surface area contributed by atoms with Gasteiger partial charge in [-0.05, 0) is 44.4 Å². The third-order valence-electron chi connectivity index (χ3n) is 3.68. The lowest BCUT2D eigenvalue weighted by atomic mass is 9.92. The van der Waals surface area contributed by atoms with Crippen LogP contribution in [0.5, 0.6) is 0 Å². The molecule has 0 unspecified atom stereocenters. The van der Waals surface area contributed by atoms with E-state index in [0.717, 1.165) is 16.7 Å². The number of carbonyl (C=O) groups excluding carboxylic acids is 1. The smallest absolute Gasteiger partial charge is 0.163 e. The Morgan fingerprint density at radius 1 is 0.900 bits per heavy atom. The summed E-state index contributed by atoms with van der Waals surface area (Å²) in [4.78, 5) is 12.4. The third-order valence-corrected chi connectivity index (χ3v) is 3.68. The summed E-state index contributed by atoms with van der Waals surface area (Å²) in [6.07, 6.45) is 0.561. The van der Waals surface area contributed by atoms with Gasteiger partial charge in [-0.3, -0.25) is 4.79 Å². The van der Waals surface area contributed by atoms with Crippen LogP contribution in [-0.2, 0) is 0 Å². The molecule has 1 heteroatoms. The van der Waals surface area contributed by atoms with Gasteiger partial charge in [0, 0.05) is 12.0 Å². The normalized spacial score (nSPS) is 12.2. The zero-order chi connectivity index (χ0) is 14.7. The number of Topliss-reactive ketones (excluding diaryl/α,β-unsaturated/α-hetero) is 1. The average Bonchev–Trinajstić information content (AvgIpc) is 2.38. The predicted octanol–water partition coefficient (Wildman–Crippen LogP) is 4.99. The van der Waals surface area contributed by atoms with Gasteiger partial charge in [0.15, 0.2) is 5.78 Å². The summed E-state index contributed by atoms with van der Waals surface area (Å²) < 4.78 is 0. The molecular weight excluding hydrogens is 244 g/mol. The largest absolute Gasteiger partial charge is 0.294 e. The lowest BCUT2D eigenvalue weighted by molar-refractivity contribution is 0.0975. The standard InChI is InChI=1S/C19H22O/c1-13-5-7-17(8-6-13)16(4)12-19(20)18-10-14(2)9-15(3)11-18/h5-11,16H,12H2,1-4H3/t16-/m0/s1. The number of ketones is 1. The molecule has 0 aromatic heterocycles. The molecule has 2 aromatic rings. The van der Waals surface area contributed by atoms with E-state index >= 15 is 0 Å². The van der Waals surface area contributed by atoms with Crippen molar-refractivity contribution < 1.29 is 4.79 Å². The first kappa shape index (κ1) is 14.5. The van der Waals surface area contributed by atoms with Crippen LogP contribution in [-0.4, -0.2) is 5.78 Å². The summed E-state index contributed by atoms with van der Waals surface area (Å²) in [6, 6.07) is 14.5. The Labute approximate surface area is 121 Å². The number of hydrogen-bond donors (Lipinski definition) is 0. The van der Waals surface area contributed by atoms with Gasteiger partial charge in [-0.15, -0.1) is 0 Å². The van der Waals surface area contributed by atoms with E-state index in [9.17, 15) is 4.79 Å². The van der Waals surface area contributed by atoms with Crippen molar-refractivity contribution in [1.82, 2.24) is 0 Å². The van der Waals surface area contributed by atoms with E-state index in [1.54, 1.807) is 0 Å². The number of aryl methyl sites for hydroxylation is 3. The van der Waals surface area contributed by atoms with Crippen LogP contribution in [0.1, 0.15) is 51.9 Å². The van der Waals surface area contributed by atoms with Crippen LogP contribution in [0.3, 0.4) is 0 Å². The fraction of sp³-hybridized carbons (Fsp3) is 0.316. The number of carbonyl (C=O) groups is 1. The fourth-order valence-corrected chi connectivity index (χ4v) is 2.54. The molecule has 0 saturated carbocycles. The topological polar surface area (TPSA) is 17.1 Å². The van der Waals surface area contributed by atoms with Gasteiger partial charge < -0.3 is 0 Å². The van der Waals surface area contributed by atoms with Crippen molar-refractivity contribution in [1.29, 1.82) is 0 Å². The van der Waals surface area contributed by atoms with Gasteiger partial charge in [-0.2, -0.15) is 0 Å². The van der Waals surface area contributed by atoms with Crippen molar-refractivity contribution >= 4 is 5.78 Å². The minimum atomic E-state index is 0.227. The van der Waals surface area contributed by atoms with Crippen molar-refractivity contribution in [2.24, 2.45) is 0 Å². The van der Waals surface area contributed by atoms with E-state index in [4.69, 9.17) is 0 Å². The maximum absolute atomic E-state index is 12.4. The van der Waals surface area contributed by atoms with E-state index in [2.05, 4.69) is 44.2 Å². The molecule has 2 aromatic carbocycles. The van der Waals surface area contributed by atoms with Crippen molar-refractivity contribution in [3.8, 4) is 0 Å². The zero-order valence-electron chi connectivity index (χ0n) is 12.7. The Morgan fingerprint density at radius 3 is 2.00 bits per heavy atom. The van der Waals surface area contributed by atoms with Crippen molar-refractivity contribution in [3.05, 3.63) is 70.3 Å². The molecular formula is C19H22O. The maximum Gasteiger partial charge on any atom is 0.163 e. The molecule has 0 saturated heterocycles. The Hall–Kier alpha value is -1.89. The molecule has 1 nitrogen and oxygen atoms in total. The SMILES string of the molecule is Cc1ccc([C@@H](C)CC(=O)c2cc(C)cc(C)c2)cc1. The second-order valence-corrected chi connectivity index (χ2v) is 5.82. The molecule has 0 N–H and O–H groups in total. The molecule has 0 bridgehead atoms. The van der Waals surface area contributed by atoms with Gasteiger partial charge in [0.1, 0.15) is 0 Å². The number of benzene rings is 2. The van der Waals surface area contributed by atoms with Crippen molar-refractivity contribution in [2.75, 3.05) is 0 Å². The Balaban J connectivity index is 2.12. The van der Waals surface area contributed by atoms with Crippen LogP contribution in [0.4, 0.5) is 0 Å². The van der Waals surface area contributed by atoms with Crippen LogP contribution in [0, 0.1) is 20.8 Å². The minimum Gasteiger partial charge on any atom is -0.294 e. The summed E-state index contributed by atoms with van der Waals surface area (Å²) in [7, 11) is 0. The monoisotopic (exact) mass is 266 g/mol. The van der Waals surface area contributed by atoms with E-state index in [1.165, 1.54) is 11.1 Å². The molecule has 0 aliphatic rings. The first-order chi connectivity index (χ1) is 9.45. The van der Waals surface area contributed by atoms with Gasteiger partial charge in [0.2, 0.25) is 0 Å². The molecule has 0 spiro atoms. The number of hydrogen-bond acceptors (Lipinski definition) is 1. The van der Waals surface area contributed by atoms with Gasteiger partial charge in [-0.25, -0.2) is 0 Å². The molecule has 0 radical (unpaired) electrons. The fourth-order valence-electron chi connectivity index (χ4n) is 2.54. The highest BCUT2D eigenvalue weighted by Gasteiger charge is 2.13. The second-order valence-electron chi connectivity index (χ2n) is 5.82. The molecule has 0 heterocycles. The summed E-state index contributed by atoms with van der Waals surface area (Å²) in [5.74, 6) is 0.480. The highest BCUT2D eigenvalue weighted by Crippen LogP contribution is 2.22. The van der Waals surface area contributed by atoms with Gasteiger partial charge in [0.05, 0.1) is 0 Å². The summed E-state index contributed by atoms with van der Waals surface area (Å²) >= 11 is 0. The van der Waals surface area contributed by atoms with Gasteiger partial charge in [0.25, 0.3) is 0 Å². The van der Waals surface area contributed by atoms with E-state index in [-0.39, 0.29) is 11.7 Å². The van der Waals surface area contributed by atoms with Crippen molar-refractivity contribution in [2.45, 2.75) is 40.0 Å². The summed E-state index contributed by atoms with van der Waals surface area (Å²) in [5.41, 5.74) is 5.61. The summed E-state index contributed by atoms with van der Waals surface area (Å²) in [5, 5.41) is 0. The molecule has 0 aliphatic carbocycles. The van der Waals surface area contributed by atoms with E-state index < -0.39 is 0 Å². The first-order valence-electron chi connectivity index (χ1n) is 7.14. The van der Waals surface area contributed by atoms with E-state index in [1.807, 2.05) is 26.0 Å². The lowest BCUT2D eigenvalue weighted by Crippen LogP contribution is -2.06. The second kappa shape index (κ2) is 6.04. The Kier molecular flexibility index (Phi) is 4.39. The Morgan fingerprint density at radius 2 is 1.45 bits per heavy atom. The lowest BCUT2D eigenvalue weighted by Gasteiger charge is -2.12. The van der Waals surface area contributed by atoms with Crippen LogP contribution >= 0.6 is 0 Å². The van der Waals surface area contributed by atoms with Crippen LogP contribution in [0.2, 0.25) is 0 Å². The molecule has 0 aliphatic heterocycles. The van der Waals surface area contributed by atoms with Gasteiger partial charge >= 0.3 is 0 Å². The minimum absolute atomic E-state index is 0.227. The molecule has 20 heavy (non-hydrogen) atoms. The maximum atomic E-state index is 12.4. The highest BCUT2D eigenvalue weighted by molar-refractivity contribution is 5.96. The molecule has 2 rings (SSSR count). The Bertz CT molecular complexity index is 588. The molecule has 0 fully saturated rings. The van der Waals surface area contributed by atoms with Crippen LogP contribution < -0.4 is 0 Å². The molecule has 104 valence electrons.